The zero-order chi connectivity index (χ0) is 14.5. The number of rotatable bonds is 5. The minimum Gasteiger partial charge on any atom is -0.374 e. The molecule has 0 bridgehead atoms. The summed E-state index contributed by atoms with van der Waals surface area (Å²) in [4.78, 5) is 0. The van der Waals surface area contributed by atoms with Crippen molar-refractivity contribution in [1.82, 2.24) is 0 Å². The zero-order valence-electron chi connectivity index (χ0n) is 11.8. The first-order valence-electron chi connectivity index (χ1n) is 6.95. The van der Waals surface area contributed by atoms with E-state index in [-0.39, 0.29) is 11.7 Å². The molecule has 0 aliphatic carbocycles. The number of hydrogen-bond acceptors (Lipinski definition) is 1. The molecule has 0 spiro atoms. The average molecular weight is 275 g/mol. The lowest BCUT2D eigenvalue weighted by molar-refractivity contribution is 0.581. The van der Waals surface area contributed by atoms with Crippen LogP contribution in [0, 0.1) is 11.6 Å². The van der Waals surface area contributed by atoms with Crippen LogP contribution in [-0.2, 0) is 6.42 Å². The Morgan fingerprint density at radius 1 is 0.950 bits per heavy atom. The van der Waals surface area contributed by atoms with Crippen LogP contribution in [0.15, 0.2) is 42.5 Å². The van der Waals surface area contributed by atoms with Crippen LogP contribution < -0.4 is 5.32 Å². The van der Waals surface area contributed by atoms with Crippen molar-refractivity contribution >= 4 is 5.69 Å². The summed E-state index contributed by atoms with van der Waals surface area (Å²) in [7, 11) is 0. The highest BCUT2D eigenvalue weighted by Gasteiger charge is 2.14. The van der Waals surface area contributed by atoms with Crippen LogP contribution in [0.5, 0.6) is 0 Å². The summed E-state index contributed by atoms with van der Waals surface area (Å²) < 4.78 is 27.4. The normalized spacial score (nSPS) is 12.2. The van der Waals surface area contributed by atoms with E-state index >= 15 is 0 Å². The molecule has 2 aromatic carbocycles. The van der Waals surface area contributed by atoms with Crippen LogP contribution in [0.3, 0.4) is 0 Å². The number of nitrogens with one attached hydrogen (secondary N) is 1. The molecule has 0 fully saturated rings. The Balaban J connectivity index is 2.24. The summed E-state index contributed by atoms with van der Waals surface area (Å²) in [5.74, 6) is -1.12. The first-order valence-corrected chi connectivity index (χ1v) is 6.95. The van der Waals surface area contributed by atoms with Gasteiger partial charge in [-0.05, 0) is 36.1 Å². The molecular weight excluding hydrogens is 256 g/mol. The van der Waals surface area contributed by atoms with Crippen molar-refractivity contribution < 1.29 is 8.78 Å². The summed E-state index contributed by atoms with van der Waals surface area (Å²) in [5, 5.41) is 2.97. The summed E-state index contributed by atoms with van der Waals surface area (Å²) >= 11 is 0. The number of aryl methyl sites for hydroxylation is 1. The highest BCUT2D eigenvalue weighted by molar-refractivity contribution is 5.48. The second-order valence-electron chi connectivity index (χ2n) is 4.80. The second-order valence-corrected chi connectivity index (χ2v) is 4.80. The molecule has 1 unspecified atom stereocenters. The third kappa shape index (κ3) is 3.16. The van der Waals surface area contributed by atoms with Crippen LogP contribution in [-0.4, -0.2) is 0 Å². The van der Waals surface area contributed by atoms with Crippen LogP contribution in [0.25, 0.3) is 0 Å². The maximum atomic E-state index is 13.7. The van der Waals surface area contributed by atoms with Gasteiger partial charge < -0.3 is 5.32 Å². The van der Waals surface area contributed by atoms with Gasteiger partial charge in [-0.1, -0.05) is 44.2 Å². The van der Waals surface area contributed by atoms with Gasteiger partial charge in [-0.15, -0.1) is 0 Å². The lowest BCUT2D eigenvalue weighted by atomic mass is 10.0. The third-order valence-corrected chi connectivity index (χ3v) is 3.48. The molecule has 0 aliphatic rings. The van der Waals surface area contributed by atoms with Crippen LogP contribution in [0.2, 0.25) is 0 Å². The Morgan fingerprint density at radius 3 is 2.05 bits per heavy atom. The minimum absolute atomic E-state index is 0.0566. The van der Waals surface area contributed by atoms with Crippen LogP contribution in [0.4, 0.5) is 14.5 Å². The summed E-state index contributed by atoms with van der Waals surface area (Å²) in [5.41, 5.74) is 2.23. The number of benzene rings is 2. The van der Waals surface area contributed by atoms with Crippen molar-refractivity contribution in [3.8, 4) is 0 Å². The molecule has 20 heavy (non-hydrogen) atoms. The number of para-hydroxylation sites is 1. The molecular formula is C17H19F2N. The maximum absolute atomic E-state index is 13.7. The summed E-state index contributed by atoms with van der Waals surface area (Å²) in [6.07, 6.45) is 1.73. The standard InChI is InChI=1S/C17H19F2N/c1-3-12-8-10-13(11-9-12)16(4-2)20-17-14(18)6-5-7-15(17)19/h5-11,16,20H,3-4H2,1-2H3. The van der Waals surface area contributed by atoms with E-state index in [0.29, 0.717) is 0 Å². The van der Waals surface area contributed by atoms with E-state index in [9.17, 15) is 8.78 Å². The molecule has 0 saturated heterocycles. The van der Waals surface area contributed by atoms with E-state index in [0.717, 1.165) is 18.4 Å². The predicted octanol–water partition coefficient (Wildman–Crippen LogP) is 5.09. The van der Waals surface area contributed by atoms with Gasteiger partial charge in [0, 0.05) is 0 Å². The monoisotopic (exact) mass is 275 g/mol. The molecule has 3 heteroatoms. The molecule has 106 valence electrons. The topological polar surface area (TPSA) is 12.0 Å². The fraction of sp³-hybridized carbons (Fsp3) is 0.294. The van der Waals surface area contributed by atoms with Gasteiger partial charge in [0.15, 0.2) is 0 Å². The van der Waals surface area contributed by atoms with Gasteiger partial charge in [-0.2, -0.15) is 0 Å². The number of hydrogen-bond donors (Lipinski definition) is 1. The Morgan fingerprint density at radius 2 is 1.55 bits per heavy atom. The molecule has 1 nitrogen and oxygen atoms in total. The predicted molar refractivity (Wildman–Crippen MR) is 78.8 cm³/mol. The molecule has 2 aromatic rings. The second kappa shape index (κ2) is 6.51. The Hall–Kier alpha value is -1.90. The molecule has 0 radical (unpaired) electrons. The zero-order valence-corrected chi connectivity index (χ0v) is 11.8. The van der Waals surface area contributed by atoms with E-state index in [1.807, 2.05) is 19.1 Å². The van der Waals surface area contributed by atoms with E-state index in [1.54, 1.807) is 0 Å². The van der Waals surface area contributed by atoms with Crippen molar-refractivity contribution in [2.75, 3.05) is 5.32 Å². The largest absolute Gasteiger partial charge is 0.374 e. The van der Waals surface area contributed by atoms with Gasteiger partial charge in [0.1, 0.15) is 17.3 Å². The van der Waals surface area contributed by atoms with Gasteiger partial charge in [-0.25, -0.2) is 8.78 Å². The number of anilines is 1. The van der Waals surface area contributed by atoms with Crippen molar-refractivity contribution in [1.29, 1.82) is 0 Å². The Labute approximate surface area is 118 Å². The smallest absolute Gasteiger partial charge is 0.149 e. The lowest BCUT2D eigenvalue weighted by Gasteiger charge is -2.20. The number of halogens is 2. The van der Waals surface area contributed by atoms with E-state index < -0.39 is 11.6 Å². The van der Waals surface area contributed by atoms with Crippen molar-refractivity contribution in [2.45, 2.75) is 32.7 Å². The average Bonchev–Trinajstić information content (AvgIpc) is 2.47. The molecule has 1 atom stereocenters. The quantitative estimate of drug-likeness (QED) is 0.801. The summed E-state index contributed by atoms with van der Waals surface area (Å²) in [6, 6.07) is 11.9. The Bertz CT molecular complexity index is 543. The van der Waals surface area contributed by atoms with Crippen molar-refractivity contribution in [3.63, 3.8) is 0 Å². The first-order chi connectivity index (χ1) is 9.65. The molecule has 2 rings (SSSR count). The SMILES string of the molecule is CCc1ccc(C(CC)Nc2c(F)cccc2F)cc1. The molecule has 1 N–H and O–H groups in total. The van der Waals surface area contributed by atoms with E-state index in [4.69, 9.17) is 0 Å². The molecule has 0 saturated carbocycles. The van der Waals surface area contributed by atoms with Crippen LogP contribution >= 0.6 is 0 Å². The Kier molecular flexibility index (Phi) is 4.72. The van der Waals surface area contributed by atoms with E-state index in [2.05, 4.69) is 24.4 Å². The van der Waals surface area contributed by atoms with Crippen LogP contribution in [0.1, 0.15) is 37.4 Å². The van der Waals surface area contributed by atoms with Gasteiger partial charge in [-0.3, -0.25) is 0 Å². The molecule has 0 aliphatic heterocycles. The van der Waals surface area contributed by atoms with Gasteiger partial charge in [0.05, 0.1) is 6.04 Å². The summed E-state index contributed by atoms with van der Waals surface area (Å²) in [6.45, 7) is 4.09. The first kappa shape index (κ1) is 14.5. The minimum atomic E-state index is -0.561. The van der Waals surface area contributed by atoms with E-state index in [1.165, 1.54) is 23.8 Å². The lowest BCUT2D eigenvalue weighted by Crippen LogP contribution is -2.12. The highest BCUT2D eigenvalue weighted by Crippen LogP contribution is 2.26. The maximum Gasteiger partial charge on any atom is 0.149 e. The highest BCUT2D eigenvalue weighted by atomic mass is 19.1. The molecule has 0 aromatic heterocycles. The molecule has 0 amide bonds. The van der Waals surface area contributed by atoms with Crippen molar-refractivity contribution in [3.05, 3.63) is 65.2 Å². The van der Waals surface area contributed by atoms with Gasteiger partial charge >= 0.3 is 0 Å². The fourth-order valence-corrected chi connectivity index (χ4v) is 2.22. The molecule has 0 heterocycles. The van der Waals surface area contributed by atoms with Gasteiger partial charge in [0.25, 0.3) is 0 Å². The third-order valence-electron chi connectivity index (χ3n) is 3.48. The fourth-order valence-electron chi connectivity index (χ4n) is 2.22. The van der Waals surface area contributed by atoms with Crippen molar-refractivity contribution in [2.24, 2.45) is 0 Å². The van der Waals surface area contributed by atoms with Gasteiger partial charge in [0.2, 0.25) is 0 Å².